The van der Waals surface area contributed by atoms with Crippen molar-refractivity contribution in [1.29, 1.82) is 0 Å². The molecule has 1 saturated carbocycles. The Labute approximate surface area is 119 Å². The second kappa shape index (κ2) is 6.55. The van der Waals surface area contributed by atoms with Crippen LogP contribution in [-0.4, -0.2) is 35.5 Å². The van der Waals surface area contributed by atoms with Gasteiger partial charge < -0.3 is 10.0 Å². The van der Waals surface area contributed by atoms with Gasteiger partial charge in [0, 0.05) is 13.6 Å². The van der Waals surface area contributed by atoms with Crippen LogP contribution in [0.1, 0.15) is 41.6 Å². The minimum absolute atomic E-state index is 0.0972. The molecule has 2 rings (SSSR count). The number of nitrogens with zero attached hydrogens (tertiary/aromatic N) is 1. The fourth-order valence-electron chi connectivity index (χ4n) is 2.76. The zero-order chi connectivity index (χ0) is 14.5. The molecule has 0 aromatic heterocycles. The molecule has 4 heteroatoms. The molecule has 0 heterocycles. The molecule has 1 amide bonds. The Morgan fingerprint density at radius 2 is 1.80 bits per heavy atom. The summed E-state index contributed by atoms with van der Waals surface area (Å²) in [6.45, 7) is 0.839. The first kappa shape index (κ1) is 14.6. The molecule has 1 fully saturated rings. The van der Waals surface area contributed by atoms with Gasteiger partial charge in [-0.3, -0.25) is 4.79 Å². The fraction of sp³-hybridized carbons (Fsp3) is 0.500. The molecular formula is C16H21NO3. The number of likely N-dealkylation sites (N-methyl/N-ethyl adjacent to an activating group) is 1. The van der Waals surface area contributed by atoms with Crippen LogP contribution in [0.5, 0.6) is 0 Å². The van der Waals surface area contributed by atoms with Crippen molar-refractivity contribution in [1.82, 2.24) is 4.90 Å². The van der Waals surface area contributed by atoms with Crippen LogP contribution >= 0.6 is 0 Å². The largest absolute Gasteiger partial charge is 0.478 e. The van der Waals surface area contributed by atoms with Crippen molar-refractivity contribution in [3.05, 3.63) is 35.4 Å². The molecule has 1 aromatic carbocycles. The molecule has 0 spiro atoms. The molecule has 1 aromatic rings. The van der Waals surface area contributed by atoms with Crippen LogP contribution in [0.25, 0.3) is 0 Å². The van der Waals surface area contributed by atoms with E-state index < -0.39 is 5.97 Å². The highest BCUT2D eigenvalue weighted by Gasteiger charge is 2.19. The highest BCUT2D eigenvalue weighted by atomic mass is 16.4. The molecule has 0 unspecified atom stereocenters. The normalized spacial score (nSPS) is 15.2. The van der Waals surface area contributed by atoms with Crippen molar-refractivity contribution < 1.29 is 14.7 Å². The standard InChI is InChI=1S/C16H21NO3/c1-17(11-13-4-2-3-5-13)15(18)10-12-6-8-14(9-7-12)16(19)20/h6-9,13H,2-5,10-11H2,1H3,(H,19,20). The number of carboxylic acid groups (broad SMARTS) is 1. The topological polar surface area (TPSA) is 57.6 Å². The third kappa shape index (κ3) is 3.83. The number of hydrogen-bond donors (Lipinski definition) is 1. The van der Waals surface area contributed by atoms with Crippen molar-refractivity contribution in [2.75, 3.05) is 13.6 Å². The summed E-state index contributed by atoms with van der Waals surface area (Å²) in [7, 11) is 1.85. The Bertz CT molecular complexity index is 475. The number of hydrogen-bond acceptors (Lipinski definition) is 2. The second-order valence-electron chi connectivity index (χ2n) is 5.60. The van der Waals surface area contributed by atoms with Gasteiger partial charge in [-0.2, -0.15) is 0 Å². The van der Waals surface area contributed by atoms with Crippen LogP contribution in [0, 0.1) is 5.92 Å². The first-order valence-electron chi connectivity index (χ1n) is 7.12. The summed E-state index contributed by atoms with van der Waals surface area (Å²) >= 11 is 0. The molecule has 1 aliphatic rings. The molecule has 0 saturated heterocycles. The Hall–Kier alpha value is -1.84. The van der Waals surface area contributed by atoms with E-state index >= 15 is 0 Å². The summed E-state index contributed by atoms with van der Waals surface area (Å²) in [6, 6.07) is 6.51. The number of rotatable bonds is 5. The van der Waals surface area contributed by atoms with Crippen LogP contribution in [0.4, 0.5) is 0 Å². The number of carbonyl (C=O) groups is 2. The molecule has 1 aliphatic carbocycles. The maximum absolute atomic E-state index is 12.1. The van der Waals surface area contributed by atoms with E-state index in [0.717, 1.165) is 12.1 Å². The highest BCUT2D eigenvalue weighted by molar-refractivity contribution is 5.87. The molecule has 108 valence electrons. The van der Waals surface area contributed by atoms with Crippen molar-refractivity contribution in [3.63, 3.8) is 0 Å². The van der Waals surface area contributed by atoms with Crippen LogP contribution in [0.2, 0.25) is 0 Å². The quantitative estimate of drug-likeness (QED) is 0.898. The fourth-order valence-corrected chi connectivity index (χ4v) is 2.76. The summed E-state index contributed by atoms with van der Waals surface area (Å²) in [5, 5.41) is 8.83. The minimum atomic E-state index is -0.943. The lowest BCUT2D eigenvalue weighted by Gasteiger charge is -2.21. The van der Waals surface area contributed by atoms with Crippen LogP contribution in [-0.2, 0) is 11.2 Å². The van der Waals surface area contributed by atoms with Gasteiger partial charge >= 0.3 is 5.97 Å². The SMILES string of the molecule is CN(CC1CCCC1)C(=O)Cc1ccc(C(=O)O)cc1. The summed E-state index contributed by atoms with van der Waals surface area (Å²) < 4.78 is 0. The van der Waals surface area contributed by atoms with E-state index in [1.807, 2.05) is 7.05 Å². The smallest absolute Gasteiger partial charge is 0.335 e. The maximum atomic E-state index is 12.1. The number of amides is 1. The van der Waals surface area contributed by atoms with E-state index in [0.29, 0.717) is 12.3 Å². The molecule has 0 radical (unpaired) electrons. The number of benzene rings is 1. The van der Waals surface area contributed by atoms with E-state index in [9.17, 15) is 9.59 Å². The molecule has 1 N–H and O–H groups in total. The van der Waals surface area contributed by atoms with E-state index in [1.54, 1.807) is 29.2 Å². The van der Waals surface area contributed by atoms with Crippen LogP contribution in [0.15, 0.2) is 24.3 Å². The number of carbonyl (C=O) groups excluding carboxylic acids is 1. The highest BCUT2D eigenvalue weighted by Crippen LogP contribution is 2.25. The Morgan fingerprint density at radius 3 is 2.35 bits per heavy atom. The Balaban J connectivity index is 1.87. The maximum Gasteiger partial charge on any atom is 0.335 e. The minimum Gasteiger partial charge on any atom is -0.478 e. The van der Waals surface area contributed by atoms with E-state index in [1.165, 1.54) is 25.7 Å². The first-order chi connectivity index (χ1) is 9.56. The van der Waals surface area contributed by atoms with E-state index in [2.05, 4.69) is 0 Å². The van der Waals surface area contributed by atoms with Gasteiger partial charge in [-0.05, 0) is 36.5 Å². The first-order valence-corrected chi connectivity index (χ1v) is 7.12. The predicted octanol–water partition coefficient (Wildman–Crippen LogP) is 2.58. The van der Waals surface area contributed by atoms with Crippen LogP contribution in [0.3, 0.4) is 0 Å². The van der Waals surface area contributed by atoms with Gasteiger partial charge in [0.15, 0.2) is 0 Å². The predicted molar refractivity (Wildman–Crippen MR) is 76.7 cm³/mol. The van der Waals surface area contributed by atoms with Crippen LogP contribution < -0.4 is 0 Å². The monoisotopic (exact) mass is 275 g/mol. The summed E-state index contributed by atoms with van der Waals surface area (Å²) in [5.74, 6) is -0.195. The summed E-state index contributed by atoms with van der Waals surface area (Å²) in [4.78, 5) is 24.7. The van der Waals surface area contributed by atoms with Crippen molar-refractivity contribution >= 4 is 11.9 Å². The summed E-state index contributed by atoms with van der Waals surface area (Å²) in [6.07, 6.45) is 5.35. The summed E-state index contributed by atoms with van der Waals surface area (Å²) in [5.41, 5.74) is 1.11. The van der Waals surface area contributed by atoms with Gasteiger partial charge in [-0.1, -0.05) is 25.0 Å². The van der Waals surface area contributed by atoms with E-state index in [-0.39, 0.29) is 11.5 Å². The van der Waals surface area contributed by atoms with E-state index in [4.69, 9.17) is 5.11 Å². The third-order valence-corrected chi connectivity index (χ3v) is 3.99. The van der Waals surface area contributed by atoms with Gasteiger partial charge in [0.1, 0.15) is 0 Å². The van der Waals surface area contributed by atoms with Crippen molar-refractivity contribution in [3.8, 4) is 0 Å². The molecule has 0 bridgehead atoms. The number of carboxylic acids is 1. The molecular weight excluding hydrogens is 254 g/mol. The lowest BCUT2D eigenvalue weighted by atomic mass is 10.1. The third-order valence-electron chi connectivity index (χ3n) is 3.99. The number of aromatic carboxylic acids is 1. The molecule has 4 nitrogen and oxygen atoms in total. The molecule has 0 aliphatic heterocycles. The second-order valence-corrected chi connectivity index (χ2v) is 5.60. The van der Waals surface area contributed by atoms with Gasteiger partial charge in [0.05, 0.1) is 12.0 Å². The van der Waals surface area contributed by atoms with Gasteiger partial charge in [0.2, 0.25) is 5.91 Å². The molecule has 20 heavy (non-hydrogen) atoms. The van der Waals surface area contributed by atoms with Crippen molar-refractivity contribution in [2.24, 2.45) is 5.92 Å². The zero-order valence-corrected chi connectivity index (χ0v) is 11.8. The Kier molecular flexibility index (Phi) is 4.77. The molecule has 0 atom stereocenters. The lowest BCUT2D eigenvalue weighted by molar-refractivity contribution is -0.129. The zero-order valence-electron chi connectivity index (χ0n) is 11.8. The van der Waals surface area contributed by atoms with Crippen molar-refractivity contribution in [2.45, 2.75) is 32.1 Å². The van der Waals surface area contributed by atoms with Gasteiger partial charge in [0.25, 0.3) is 0 Å². The Morgan fingerprint density at radius 1 is 1.20 bits per heavy atom. The average molecular weight is 275 g/mol. The lowest BCUT2D eigenvalue weighted by Crippen LogP contribution is -2.32. The average Bonchev–Trinajstić information content (AvgIpc) is 2.92. The van der Waals surface area contributed by atoms with Gasteiger partial charge in [-0.25, -0.2) is 4.79 Å². The van der Waals surface area contributed by atoms with Gasteiger partial charge in [-0.15, -0.1) is 0 Å².